The van der Waals surface area contributed by atoms with Crippen LogP contribution >= 0.6 is 11.6 Å². The fourth-order valence-electron chi connectivity index (χ4n) is 2.91. The van der Waals surface area contributed by atoms with Gasteiger partial charge in [-0.25, -0.2) is 4.39 Å². The zero-order valence-electron chi connectivity index (χ0n) is 13.4. The van der Waals surface area contributed by atoms with Crippen molar-refractivity contribution in [3.63, 3.8) is 0 Å². The molecule has 0 saturated carbocycles. The van der Waals surface area contributed by atoms with E-state index in [0.29, 0.717) is 31.7 Å². The quantitative estimate of drug-likeness (QED) is 0.763. The fraction of sp³-hybridized carbons (Fsp3) is 0.625. The summed E-state index contributed by atoms with van der Waals surface area (Å²) in [6.45, 7) is 4.55. The van der Waals surface area contributed by atoms with E-state index in [1.54, 1.807) is 6.92 Å². The molecule has 1 fully saturated rings. The maximum Gasteiger partial charge on any atom is 0.389 e. The van der Waals surface area contributed by atoms with E-state index in [0.717, 1.165) is 0 Å². The van der Waals surface area contributed by atoms with Gasteiger partial charge in [0.15, 0.2) is 11.6 Å². The zero-order chi connectivity index (χ0) is 17.7. The number of nitrogens with zero attached hydrogens (tertiary/aromatic N) is 1. The summed E-state index contributed by atoms with van der Waals surface area (Å²) in [5, 5.41) is 3.24. The number of hydrogen-bond acceptors (Lipinski definition) is 3. The predicted molar refractivity (Wildman–Crippen MR) is 85.1 cm³/mol. The van der Waals surface area contributed by atoms with Crippen molar-refractivity contribution in [1.82, 2.24) is 10.2 Å². The molecule has 1 aromatic rings. The first-order valence-electron chi connectivity index (χ1n) is 7.95. The van der Waals surface area contributed by atoms with E-state index >= 15 is 0 Å². The Balaban J connectivity index is 2.28. The summed E-state index contributed by atoms with van der Waals surface area (Å²) in [7, 11) is 0. The number of alkyl halides is 3. The van der Waals surface area contributed by atoms with Gasteiger partial charge < -0.3 is 10.1 Å². The third kappa shape index (κ3) is 5.22. The van der Waals surface area contributed by atoms with Crippen molar-refractivity contribution in [2.45, 2.75) is 32.0 Å². The van der Waals surface area contributed by atoms with Gasteiger partial charge in [-0.05, 0) is 31.0 Å². The van der Waals surface area contributed by atoms with Crippen LogP contribution in [0.3, 0.4) is 0 Å². The third-order valence-corrected chi connectivity index (χ3v) is 4.27. The van der Waals surface area contributed by atoms with Crippen LogP contribution in [-0.2, 0) is 0 Å². The highest BCUT2D eigenvalue weighted by atomic mass is 35.5. The molecule has 0 bridgehead atoms. The van der Waals surface area contributed by atoms with Crippen molar-refractivity contribution in [2.75, 3.05) is 32.8 Å². The third-order valence-electron chi connectivity index (χ3n) is 3.99. The van der Waals surface area contributed by atoms with Crippen molar-refractivity contribution in [3.05, 3.63) is 28.5 Å². The molecule has 2 rings (SSSR count). The van der Waals surface area contributed by atoms with Crippen LogP contribution in [0.15, 0.2) is 12.1 Å². The molecule has 1 atom stereocenters. The first-order chi connectivity index (χ1) is 11.3. The van der Waals surface area contributed by atoms with Crippen molar-refractivity contribution >= 4 is 11.6 Å². The first kappa shape index (κ1) is 19.3. The Morgan fingerprint density at radius 1 is 1.29 bits per heavy atom. The van der Waals surface area contributed by atoms with Crippen LogP contribution in [-0.4, -0.2) is 43.9 Å². The van der Waals surface area contributed by atoms with Crippen LogP contribution in [0.5, 0.6) is 5.75 Å². The number of piperazine rings is 1. The molecule has 1 aliphatic heterocycles. The minimum atomic E-state index is -4.25. The summed E-state index contributed by atoms with van der Waals surface area (Å²) >= 11 is 6.07. The summed E-state index contributed by atoms with van der Waals surface area (Å²) in [6, 6.07) is 2.22. The highest BCUT2D eigenvalue weighted by molar-refractivity contribution is 6.32. The molecular formula is C16H21ClF4N2O. The summed E-state index contributed by atoms with van der Waals surface area (Å²) in [4.78, 5) is 1.94. The highest BCUT2D eigenvalue weighted by Crippen LogP contribution is 2.36. The van der Waals surface area contributed by atoms with Gasteiger partial charge in [-0.2, -0.15) is 13.2 Å². The SMILES string of the molecule is CCOc1c(F)cc([C@H](CCC(F)(F)F)N2CCNCC2)cc1Cl. The van der Waals surface area contributed by atoms with Crippen molar-refractivity contribution in [3.8, 4) is 5.75 Å². The highest BCUT2D eigenvalue weighted by Gasteiger charge is 2.32. The Hall–Kier alpha value is -1.05. The van der Waals surface area contributed by atoms with Crippen LogP contribution in [0.2, 0.25) is 5.02 Å². The van der Waals surface area contributed by atoms with E-state index in [2.05, 4.69) is 5.32 Å². The van der Waals surface area contributed by atoms with E-state index in [1.807, 2.05) is 4.90 Å². The molecule has 0 unspecified atom stereocenters. The van der Waals surface area contributed by atoms with Gasteiger partial charge in [0.2, 0.25) is 0 Å². The Labute approximate surface area is 143 Å². The molecule has 1 aliphatic rings. The lowest BCUT2D eigenvalue weighted by Crippen LogP contribution is -2.45. The Bertz CT molecular complexity index is 524. The van der Waals surface area contributed by atoms with Gasteiger partial charge in [0.25, 0.3) is 0 Å². The van der Waals surface area contributed by atoms with Gasteiger partial charge in [-0.15, -0.1) is 0 Å². The number of ether oxygens (including phenoxy) is 1. The van der Waals surface area contributed by atoms with Crippen LogP contribution in [0, 0.1) is 5.82 Å². The molecule has 0 spiro atoms. The van der Waals surface area contributed by atoms with E-state index < -0.39 is 24.5 Å². The monoisotopic (exact) mass is 368 g/mol. The number of rotatable bonds is 6. The molecule has 0 amide bonds. The lowest BCUT2D eigenvalue weighted by Gasteiger charge is -2.35. The van der Waals surface area contributed by atoms with Crippen LogP contribution in [0.4, 0.5) is 17.6 Å². The van der Waals surface area contributed by atoms with Gasteiger partial charge in [0, 0.05) is 38.6 Å². The predicted octanol–water partition coefficient (Wildman–Crippen LogP) is 4.17. The van der Waals surface area contributed by atoms with Gasteiger partial charge in [0.05, 0.1) is 11.6 Å². The van der Waals surface area contributed by atoms with E-state index in [1.165, 1.54) is 12.1 Å². The van der Waals surface area contributed by atoms with Gasteiger partial charge >= 0.3 is 6.18 Å². The standard InChI is InChI=1S/C16H21ClF4N2O/c1-2-24-15-12(17)9-11(10-13(15)18)14(3-4-16(19,20)21)23-7-5-22-6-8-23/h9-10,14,22H,2-8H2,1H3/t14-/m0/s1. The zero-order valence-corrected chi connectivity index (χ0v) is 14.2. The summed E-state index contributed by atoms with van der Waals surface area (Å²) in [6.07, 6.45) is -5.30. The van der Waals surface area contributed by atoms with Gasteiger partial charge in [-0.1, -0.05) is 11.6 Å². The molecule has 24 heavy (non-hydrogen) atoms. The van der Waals surface area contributed by atoms with E-state index in [9.17, 15) is 17.6 Å². The molecular weight excluding hydrogens is 348 g/mol. The Kier molecular flexibility index (Phi) is 6.71. The average molecular weight is 369 g/mol. The number of benzene rings is 1. The first-order valence-corrected chi connectivity index (χ1v) is 8.33. The molecule has 0 radical (unpaired) electrons. The second kappa shape index (κ2) is 8.36. The fourth-order valence-corrected chi connectivity index (χ4v) is 3.18. The van der Waals surface area contributed by atoms with E-state index in [4.69, 9.17) is 16.3 Å². The molecule has 1 heterocycles. The lowest BCUT2D eigenvalue weighted by molar-refractivity contribution is -0.138. The van der Waals surface area contributed by atoms with Crippen LogP contribution in [0.25, 0.3) is 0 Å². The molecule has 0 aromatic heterocycles. The maximum atomic E-state index is 14.2. The number of halogens is 5. The topological polar surface area (TPSA) is 24.5 Å². The van der Waals surface area contributed by atoms with Crippen molar-refractivity contribution in [2.24, 2.45) is 0 Å². The average Bonchev–Trinajstić information content (AvgIpc) is 2.51. The van der Waals surface area contributed by atoms with E-state index in [-0.39, 0.29) is 23.8 Å². The largest absolute Gasteiger partial charge is 0.489 e. The molecule has 0 aliphatic carbocycles. The molecule has 1 saturated heterocycles. The van der Waals surface area contributed by atoms with Crippen molar-refractivity contribution in [1.29, 1.82) is 0 Å². The smallest absolute Gasteiger partial charge is 0.389 e. The second-order valence-electron chi connectivity index (χ2n) is 5.70. The molecule has 136 valence electrons. The summed E-state index contributed by atoms with van der Waals surface area (Å²) < 4.78 is 57.4. The van der Waals surface area contributed by atoms with Crippen LogP contribution in [0.1, 0.15) is 31.4 Å². The summed E-state index contributed by atoms with van der Waals surface area (Å²) in [5.41, 5.74) is 0.451. The lowest BCUT2D eigenvalue weighted by atomic mass is 9.99. The van der Waals surface area contributed by atoms with Crippen LogP contribution < -0.4 is 10.1 Å². The summed E-state index contributed by atoms with van der Waals surface area (Å²) in [5.74, 6) is -0.704. The molecule has 8 heteroatoms. The molecule has 3 nitrogen and oxygen atoms in total. The molecule has 1 aromatic carbocycles. The normalized spacial score (nSPS) is 17.8. The number of hydrogen-bond donors (Lipinski definition) is 1. The second-order valence-corrected chi connectivity index (χ2v) is 6.11. The van der Waals surface area contributed by atoms with Crippen molar-refractivity contribution < 1.29 is 22.3 Å². The van der Waals surface area contributed by atoms with Gasteiger partial charge in [-0.3, -0.25) is 4.90 Å². The minimum Gasteiger partial charge on any atom is -0.489 e. The maximum absolute atomic E-state index is 14.2. The minimum absolute atomic E-state index is 0.0576. The Morgan fingerprint density at radius 2 is 1.96 bits per heavy atom. The Morgan fingerprint density at radius 3 is 2.50 bits per heavy atom. The van der Waals surface area contributed by atoms with Gasteiger partial charge in [0.1, 0.15) is 0 Å². The number of nitrogens with one attached hydrogen (secondary N) is 1. The molecule has 1 N–H and O–H groups in total.